The summed E-state index contributed by atoms with van der Waals surface area (Å²) < 4.78 is 3.61. The Morgan fingerprint density at radius 3 is 2.37 bits per heavy atom. The fourth-order valence-corrected chi connectivity index (χ4v) is 2.99. The predicted molar refractivity (Wildman–Crippen MR) is 106 cm³/mol. The number of nitrogens with zero attached hydrogens (tertiary/aromatic N) is 4. The lowest BCUT2D eigenvalue weighted by molar-refractivity contribution is 0.143. The van der Waals surface area contributed by atoms with Crippen LogP contribution in [-0.2, 0) is 7.05 Å². The van der Waals surface area contributed by atoms with Gasteiger partial charge in [0.15, 0.2) is 0 Å². The summed E-state index contributed by atoms with van der Waals surface area (Å²) in [6, 6.07) is 12.2. The lowest BCUT2D eigenvalue weighted by Gasteiger charge is -2.07. The molecule has 0 saturated carbocycles. The van der Waals surface area contributed by atoms with Crippen molar-refractivity contribution in [1.29, 1.82) is 0 Å². The Morgan fingerprint density at radius 2 is 1.70 bits per heavy atom. The highest BCUT2D eigenvalue weighted by Crippen LogP contribution is 2.29. The first-order chi connectivity index (χ1) is 12.9. The van der Waals surface area contributed by atoms with Crippen molar-refractivity contribution in [3.63, 3.8) is 0 Å². The quantitative estimate of drug-likeness (QED) is 0.559. The van der Waals surface area contributed by atoms with Crippen LogP contribution >= 0.6 is 0 Å². The number of aliphatic hydroxyl groups is 1. The molecule has 1 N–H and O–H groups in total. The smallest absolute Gasteiger partial charge is 0.120 e. The number of aryl methyl sites for hydroxylation is 1. The van der Waals surface area contributed by atoms with Crippen molar-refractivity contribution >= 4 is 5.52 Å². The maximum absolute atomic E-state index is 9.93. The molecule has 0 radical (unpaired) electrons. The molecule has 0 unspecified atom stereocenters. The van der Waals surface area contributed by atoms with Crippen molar-refractivity contribution in [2.24, 2.45) is 7.05 Å². The van der Waals surface area contributed by atoms with Crippen LogP contribution in [0.15, 0.2) is 61.2 Å². The third-order valence-electron chi connectivity index (χ3n) is 4.28. The molecule has 0 atom stereocenters. The van der Waals surface area contributed by atoms with E-state index in [1.165, 1.54) is 0 Å². The zero-order valence-corrected chi connectivity index (χ0v) is 15.5. The molecular weight excluding hydrogens is 336 g/mol. The van der Waals surface area contributed by atoms with Gasteiger partial charge in [-0.2, -0.15) is 10.2 Å². The molecule has 5 nitrogen and oxygen atoms in total. The summed E-state index contributed by atoms with van der Waals surface area (Å²) in [6.45, 7) is 3.35. The van der Waals surface area contributed by atoms with Crippen LogP contribution in [0.5, 0.6) is 0 Å². The van der Waals surface area contributed by atoms with Crippen molar-refractivity contribution < 1.29 is 5.11 Å². The number of pyridine rings is 1. The molecule has 0 aliphatic heterocycles. The van der Waals surface area contributed by atoms with E-state index >= 15 is 0 Å². The Morgan fingerprint density at radius 1 is 0.963 bits per heavy atom. The van der Waals surface area contributed by atoms with E-state index in [2.05, 4.69) is 46.3 Å². The van der Waals surface area contributed by atoms with E-state index in [1.807, 2.05) is 48.5 Å². The zero-order chi connectivity index (χ0) is 19.0. The first-order valence-electron chi connectivity index (χ1n) is 8.72. The molecular formula is C22H20N4O. The summed E-state index contributed by atoms with van der Waals surface area (Å²) in [5.41, 5.74) is 5.00. The minimum atomic E-state index is -1.04. The SMILES string of the molecule is Cn1cc(-c2ccc(-c3cnn4cccc(C#CC(C)(C)O)c34)cc2)cn1. The summed E-state index contributed by atoms with van der Waals surface area (Å²) in [7, 11) is 1.91. The molecule has 1 aromatic carbocycles. The normalized spacial score (nSPS) is 11.4. The van der Waals surface area contributed by atoms with Crippen LogP contribution < -0.4 is 0 Å². The molecule has 0 aliphatic rings. The molecule has 5 heteroatoms. The molecule has 0 fully saturated rings. The van der Waals surface area contributed by atoms with Gasteiger partial charge in [0, 0.05) is 30.6 Å². The van der Waals surface area contributed by atoms with E-state index in [0.717, 1.165) is 33.3 Å². The summed E-state index contributed by atoms with van der Waals surface area (Å²) in [4.78, 5) is 0. The lowest BCUT2D eigenvalue weighted by atomic mass is 10.0. The van der Waals surface area contributed by atoms with Crippen LogP contribution in [0, 0.1) is 11.8 Å². The van der Waals surface area contributed by atoms with Gasteiger partial charge < -0.3 is 5.11 Å². The molecule has 0 bridgehead atoms. The highest BCUT2D eigenvalue weighted by molar-refractivity contribution is 5.85. The third kappa shape index (κ3) is 3.48. The number of hydrogen-bond donors (Lipinski definition) is 1. The first kappa shape index (κ1) is 17.1. The zero-order valence-electron chi connectivity index (χ0n) is 15.5. The summed E-state index contributed by atoms with van der Waals surface area (Å²) in [5, 5.41) is 18.6. The van der Waals surface area contributed by atoms with E-state index in [0.29, 0.717) is 0 Å². The Hall–Kier alpha value is -3.36. The van der Waals surface area contributed by atoms with Gasteiger partial charge in [0.25, 0.3) is 0 Å². The molecule has 27 heavy (non-hydrogen) atoms. The largest absolute Gasteiger partial charge is 0.378 e. The average molecular weight is 356 g/mol. The topological polar surface area (TPSA) is 55.4 Å². The molecule has 3 aromatic heterocycles. The lowest BCUT2D eigenvalue weighted by Crippen LogP contribution is -2.14. The molecule has 134 valence electrons. The second kappa shape index (κ2) is 6.42. The van der Waals surface area contributed by atoms with Gasteiger partial charge in [-0.05, 0) is 37.1 Å². The van der Waals surface area contributed by atoms with Crippen molar-refractivity contribution in [3.8, 4) is 34.1 Å². The van der Waals surface area contributed by atoms with Gasteiger partial charge in [0.1, 0.15) is 5.60 Å². The van der Waals surface area contributed by atoms with E-state index in [9.17, 15) is 5.11 Å². The summed E-state index contributed by atoms with van der Waals surface area (Å²) >= 11 is 0. The number of hydrogen-bond acceptors (Lipinski definition) is 3. The third-order valence-corrected chi connectivity index (χ3v) is 4.28. The van der Waals surface area contributed by atoms with Crippen LogP contribution in [0.4, 0.5) is 0 Å². The molecule has 0 amide bonds. The Bertz CT molecular complexity index is 1160. The highest BCUT2D eigenvalue weighted by Gasteiger charge is 2.12. The van der Waals surface area contributed by atoms with Gasteiger partial charge in [-0.15, -0.1) is 0 Å². The number of aromatic nitrogens is 4. The van der Waals surface area contributed by atoms with Gasteiger partial charge in [0.05, 0.1) is 23.5 Å². The van der Waals surface area contributed by atoms with Crippen molar-refractivity contribution in [2.75, 3.05) is 0 Å². The molecule has 4 rings (SSSR count). The van der Waals surface area contributed by atoms with Crippen molar-refractivity contribution in [3.05, 3.63) is 66.7 Å². The maximum atomic E-state index is 9.93. The minimum Gasteiger partial charge on any atom is -0.378 e. The number of rotatable bonds is 2. The van der Waals surface area contributed by atoms with Crippen LogP contribution in [0.25, 0.3) is 27.8 Å². The number of fused-ring (bicyclic) bond motifs is 1. The minimum absolute atomic E-state index is 0.837. The van der Waals surface area contributed by atoms with Crippen LogP contribution in [-0.4, -0.2) is 30.1 Å². The monoisotopic (exact) mass is 356 g/mol. The first-order valence-corrected chi connectivity index (χ1v) is 8.72. The standard InChI is InChI=1S/C22H20N4O/c1-22(2,27)11-10-18-5-4-12-26-21(18)20(14-24-26)17-8-6-16(7-9-17)19-13-23-25(3)15-19/h4-9,12-15,27H,1-3H3. The molecule has 0 saturated heterocycles. The second-order valence-corrected chi connectivity index (χ2v) is 7.06. The van der Waals surface area contributed by atoms with Gasteiger partial charge >= 0.3 is 0 Å². The van der Waals surface area contributed by atoms with E-state index in [4.69, 9.17) is 0 Å². The van der Waals surface area contributed by atoms with Gasteiger partial charge in [-0.25, -0.2) is 4.52 Å². The van der Waals surface area contributed by atoms with E-state index < -0.39 is 5.60 Å². The van der Waals surface area contributed by atoms with Crippen LogP contribution in [0.2, 0.25) is 0 Å². The van der Waals surface area contributed by atoms with Crippen LogP contribution in [0.3, 0.4) is 0 Å². The molecule has 0 spiro atoms. The van der Waals surface area contributed by atoms with Crippen molar-refractivity contribution in [1.82, 2.24) is 19.4 Å². The summed E-state index contributed by atoms with van der Waals surface area (Å²) in [5.74, 6) is 5.98. The van der Waals surface area contributed by atoms with Gasteiger partial charge in [-0.1, -0.05) is 36.1 Å². The maximum Gasteiger partial charge on any atom is 0.120 e. The molecule has 4 aromatic rings. The molecule has 0 aliphatic carbocycles. The fourth-order valence-electron chi connectivity index (χ4n) is 2.99. The fraction of sp³-hybridized carbons (Fsp3) is 0.182. The van der Waals surface area contributed by atoms with Crippen LogP contribution in [0.1, 0.15) is 19.4 Å². The van der Waals surface area contributed by atoms with Crippen molar-refractivity contribution in [2.45, 2.75) is 19.4 Å². The van der Waals surface area contributed by atoms with Gasteiger partial charge in [0.2, 0.25) is 0 Å². The molecule has 3 heterocycles. The average Bonchev–Trinajstić information content (AvgIpc) is 3.26. The highest BCUT2D eigenvalue weighted by atomic mass is 16.3. The Kier molecular flexibility index (Phi) is 4.06. The summed E-state index contributed by atoms with van der Waals surface area (Å²) in [6.07, 6.45) is 7.60. The van der Waals surface area contributed by atoms with E-state index in [-0.39, 0.29) is 0 Å². The predicted octanol–water partition coefficient (Wildman–Crippen LogP) is 3.52. The van der Waals surface area contributed by atoms with E-state index in [1.54, 1.807) is 18.5 Å². The van der Waals surface area contributed by atoms with Gasteiger partial charge in [-0.3, -0.25) is 4.68 Å². The Labute approximate surface area is 157 Å². The second-order valence-electron chi connectivity index (χ2n) is 7.06. The number of benzene rings is 1. The Balaban J connectivity index is 1.79.